The van der Waals surface area contributed by atoms with E-state index in [0.717, 1.165) is 0 Å². The third kappa shape index (κ3) is 1.64. The van der Waals surface area contributed by atoms with E-state index >= 15 is 0 Å². The van der Waals surface area contributed by atoms with Crippen molar-refractivity contribution in [1.29, 1.82) is 0 Å². The van der Waals surface area contributed by atoms with Crippen molar-refractivity contribution < 1.29 is 28.9 Å². The summed E-state index contributed by atoms with van der Waals surface area (Å²) in [6.07, 6.45) is 0. The van der Waals surface area contributed by atoms with Gasteiger partial charge in [0.25, 0.3) is 0 Å². The molecule has 0 unspecified atom stereocenters. The number of hydrogen-bond donors (Lipinski definition) is 0. The molecule has 0 amide bonds. The first-order valence-electron chi connectivity index (χ1n) is 3.92. The zero-order chi connectivity index (χ0) is 10.8. The molecule has 0 spiro atoms. The second-order valence-electron chi connectivity index (χ2n) is 2.63. The van der Waals surface area contributed by atoms with Crippen LogP contribution in [0.2, 0.25) is 0 Å². The summed E-state index contributed by atoms with van der Waals surface area (Å²) in [6, 6.07) is 5.85. The van der Waals surface area contributed by atoms with Crippen LogP contribution in [-0.4, -0.2) is 17.9 Å². The average Bonchev–Trinajstić information content (AvgIpc) is 2.24. The van der Waals surface area contributed by atoms with Gasteiger partial charge >= 0.3 is 17.9 Å². The van der Waals surface area contributed by atoms with Crippen LogP contribution in [0.1, 0.15) is 10.4 Å². The van der Waals surface area contributed by atoms with Crippen molar-refractivity contribution in [2.45, 2.75) is 0 Å². The Morgan fingerprint density at radius 1 is 0.800 bits per heavy atom. The van der Waals surface area contributed by atoms with E-state index in [2.05, 4.69) is 14.5 Å². The molecule has 1 aromatic rings. The Morgan fingerprint density at radius 3 is 2.27 bits per heavy atom. The van der Waals surface area contributed by atoms with E-state index in [4.69, 9.17) is 0 Å². The van der Waals surface area contributed by atoms with Crippen molar-refractivity contribution in [3.05, 3.63) is 29.8 Å². The maximum absolute atomic E-state index is 11.2. The van der Waals surface area contributed by atoms with Crippen molar-refractivity contribution in [3.63, 3.8) is 0 Å². The minimum atomic E-state index is -1.38. The van der Waals surface area contributed by atoms with Crippen molar-refractivity contribution in [3.8, 4) is 5.75 Å². The number of esters is 1. The van der Waals surface area contributed by atoms with Crippen molar-refractivity contribution >= 4 is 17.9 Å². The first kappa shape index (κ1) is 9.20. The molecular formula is C9H4O6. The topological polar surface area (TPSA) is 78.9 Å². The lowest BCUT2D eigenvalue weighted by Gasteiger charge is -2.10. The molecule has 0 radical (unpaired) electrons. The van der Waals surface area contributed by atoms with Crippen LogP contribution in [0.4, 0.5) is 0 Å². The Balaban J connectivity index is 2.46. The first-order valence-corrected chi connectivity index (χ1v) is 3.92. The smallest absolute Gasteiger partial charge is 0.417 e. The molecule has 0 saturated carbocycles. The number of benzene rings is 1. The molecule has 76 valence electrons. The molecule has 0 fully saturated rings. The van der Waals surface area contributed by atoms with Gasteiger partial charge in [0.15, 0.2) is 0 Å². The summed E-state index contributed by atoms with van der Waals surface area (Å²) in [4.78, 5) is 40.9. The van der Waals surface area contributed by atoms with Gasteiger partial charge in [0, 0.05) is 0 Å². The van der Waals surface area contributed by atoms with E-state index in [1.54, 1.807) is 12.1 Å². The molecule has 0 N–H and O–H groups in total. The monoisotopic (exact) mass is 208 g/mol. The lowest BCUT2D eigenvalue weighted by Crippen LogP contribution is -2.27. The predicted octanol–water partition coefficient (Wildman–Crippen LogP) is 0.221. The Morgan fingerprint density at radius 2 is 1.47 bits per heavy atom. The Labute approximate surface area is 83.3 Å². The molecule has 2 rings (SSSR count). The summed E-state index contributed by atoms with van der Waals surface area (Å²) in [5, 5.41) is 0. The van der Waals surface area contributed by atoms with Crippen LogP contribution in [0.5, 0.6) is 5.75 Å². The van der Waals surface area contributed by atoms with Crippen LogP contribution in [0.25, 0.3) is 0 Å². The van der Waals surface area contributed by atoms with Gasteiger partial charge in [-0.25, -0.2) is 24.2 Å². The lowest BCUT2D eigenvalue weighted by molar-refractivity contribution is -0.235. The van der Waals surface area contributed by atoms with Gasteiger partial charge in [-0.05, 0) is 12.1 Å². The Kier molecular flexibility index (Phi) is 2.09. The van der Waals surface area contributed by atoms with Gasteiger partial charge in [-0.15, -0.1) is 0 Å². The van der Waals surface area contributed by atoms with E-state index in [9.17, 15) is 14.4 Å². The normalized spacial score (nSPS) is 15.3. The van der Waals surface area contributed by atoms with Crippen LogP contribution in [0, 0.1) is 0 Å². The number of fused-ring (bicyclic) bond motifs is 1. The van der Waals surface area contributed by atoms with Gasteiger partial charge in [0.2, 0.25) is 0 Å². The number of carbonyl (C=O) groups excluding carboxylic acids is 3. The molecule has 0 bridgehead atoms. The van der Waals surface area contributed by atoms with Crippen LogP contribution in [-0.2, 0) is 19.4 Å². The van der Waals surface area contributed by atoms with Gasteiger partial charge in [0.05, 0.1) is 0 Å². The molecule has 1 heterocycles. The van der Waals surface area contributed by atoms with Crippen molar-refractivity contribution in [2.24, 2.45) is 0 Å². The average molecular weight is 208 g/mol. The van der Waals surface area contributed by atoms with Gasteiger partial charge in [-0.1, -0.05) is 12.1 Å². The molecule has 6 heteroatoms. The summed E-state index contributed by atoms with van der Waals surface area (Å²) < 4.78 is 4.61. The third-order valence-electron chi connectivity index (χ3n) is 1.67. The van der Waals surface area contributed by atoms with Gasteiger partial charge in [-0.2, -0.15) is 0 Å². The number of ether oxygens (including phenoxy) is 1. The highest BCUT2D eigenvalue weighted by molar-refractivity contribution is 6.30. The summed E-state index contributed by atoms with van der Waals surface area (Å²) in [5.41, 5.74) is 0.0124. The van der Waals surface area contributed by atoms with Gasteiger partial charge in [-0.3, -0.25) is 0 Å². The summed E-state index contributed by atoms with van der Waals surface area (Å²) in [6.45, 7) is 0. The fraction of sp³-hybridized carbons (Fsp3) is 0. The second-order valence-corrected chi connectivity index (χ2v) is 2.63. The highest BCUT2D eigenvalue weighted by Crippen LogP contribution is 2.20. The lowest BCUT2D eigenvalue weighted by atomic mass is 10.2. The molecule has 15 heavy (non-hydrogen) atoms. The van der Waals surface area contributed by atoms with E-state index < -0.39 is 17.9 Å². The molecule has 0 aromatic heterocycles. The fourth-order valence-electron chi connectivity index (χ4n) is 1.02. The Hall–Kier alpha value is -2.37. The van der Waals surface area contributed by atoms with Gasteiger partial charge in [0.1, 0.15) is 11.3 Å². The molecule has 0 atom stereocenters. The van der Waals surface area contributed by atoms with Crippen molar-refractivity contribution in [2.75, 3.05) is 0 Å². The molecule has 0 saturated heterocycles. The van der Waals surface area contributed by atoms with Crippen LogP contribution in [0.15, 0.2) is 24.3 Å². The summed E-state index contributed by atoms with van der Waals surface area (Å²) >= 11 is 0. The maximum Gasteiger partial charge on any atom is 0.463 e. The van der Waals surface area contributed by atoms with E-state index in [1.165, 1.54) is 12.1 Å². The minimum Gasteiger partial charge on any atom is -0.417 e. The summed E-state index contributed by atoms with van der Waals surface area (Å²) in [5.74, 6) is -3.55. The Bertz CT molecular complexity index is 450. The predicted molar refractivity (Wildman–Crippen MR) is 43.6 cm³/mol. The quantitative estimate of drug-likeness (QED) is 0.262. The highest BCUT2D eigenvalue weighted by atomic mass is 17.2. The van der Waals surface area contributed by atoms with Crippen molar-refractivity contribution in [1.82, 2.24) is 0 Å². The molecule has 1 aliphatic rings. The third-order valence-corrected chi connectivity index (χ3v) is 1.67. The maximum atomic E-state index is 11.2. The largest absolute Gasteiger partial charge is 0.463 e. The molecule has 6 nitrogen and oxygen atoms in total. The van der Waals surface area contributed by atoms with Gasteiger partial charge < -0.3 is 4.74 Å². The molecular weight excluding hydrogens is 204 g/mol. The molecule has 1 aromatic carbocycles. The second kappa shape index (κ2) is 3.41. The molecule has 1 aliphatic heterocycles. The standard InChI is InChI=1S/C9H4O6/c10-7-5-3-1-2-4-6(5)13-8(11)9(12)15-14-7/h1-4H. The number of para-hydroxylation sites is 1. The van der Waals surface area contributed by atoms with Crippen LogP contribution >= 0.6 is 0 Å². The number of hydrogen-bond acceptors (Lipinski definition) is 6. The zero-order valence-corrected chi connectivity index (χ0v) is 7.26. The number of rotatable bonds is 0. The minimum absolute atomic E-state index is 0.0124. The first-order chi connectivity index (χ1) is 7.18. The van der Waals surface area contributed by atoms with E-state index in [-0.39, 0.29) is 11.3 Å². The highest BCUT2D eigenvalue weighted by Gasteiger charge is 2.28. The number of carbonyl (C=O) groups is 3. The van der Waals surface area contributed by atoms with Crippen LogP contribution < -0.4 is 4.74 Å². The molecule has 0 aliphatic carbocycles. The van der Waals surface area contributed by atoms with E-state index in [0.29, 0.717) is 0 Å². The summed E-state index contributed by atoms with van der Waals surface area (Å²) in [7, 11) is 0. The zero-order valence-electron chi connectivity index (χ0n) is 7.26. The fourth-order valence-corrected chi connectivity index (χ4v) is 1.02. The van der Waals surface area contributed by atoms with Crippen LogP contribution in [0.3, 0.4) is 0 Å². The SMILES string of the molecule is O=C1OOC(=O)c2ccccc2OC1=O. The van der Waals surface area contributed by atoms with E-state index in [1.807, 2.05) is 0 Å².